The topological polar surface area (TPSA) is 13.3 Å². The molecule has 0 spiro atoms. The first-order valence-corrected chi connectivity index (χ1v) is 8.90. The zero-order valence-corrected chi connectivity index (χ0v) is 13.5. The van der Waals surface area contributed by atoms with Gasteiger partial charge < -0.3 is 14.7 Å². The molecular weight excluding hydrogens is 258 g/mol. The summed E-state index contributed by atoms with van der Waals surface area (Å²) >= 11 is 0. The Morgan fingerprint density at radius 2 is 1.52 bits per heavy atom. The van der Waals surface area contributed by atoms with Crippen LogP contribution >= 0.6 is 0 Å². The van der Waals surface area contributed by atoms with E-state index in [2.05, 4.69) is 37.3 Å². The summed E-state index contributed by atoms with van der Waals surface area (Å²) in [4.78, 5) is 5.51. The third-order valence-corrected chi connectivity index (χ3v) is 5.67. The molecule has 3 rings (SSSR count). The minimum absolute atomic E-state index is 0.947. The van der Waals surface area contributed by atoms with E-state index in [9.17, 15) is 0 Å². The third kappa shape index (κ3) is 4.06. The normalized spacial score (nSPS) is 33.8. The largest absolute Gasteiger partial charge is 0.331 e. The number of benzene rings is 1. The SMILES string of the molecule is CC[NH+]1CC[NH+](C2CC[NH+](Cc3ccccc3)CC2)CC1. The maximum atomic E-state index is 2.33. The number of likely N-dealkylation sites (N-methyl/N-ethyl adjacent to an activating group) is 1. The first kappa shape index (κ1) is 15.0. The van der Waals surface area contributed by atoms with Crippen molar-refractivity contribution < 1.29 is 14.7 Å². The van der Waals surface area contributed by atoms with Crippen LogP contribution in [0.4, 0.5) is 0 Å². The van der Waals surface area contributed by atoms with Gasteiger partial charge in [0.1, 0.15) is 32.7 Å². The summed E-state index contributed by atoms with van der Waals surface area (Å²) in [5.74, 6) is 0. The lowest BCUT2D eigenvalue weighted by Crippen LogP contribution is -3.30. The average molecular weight is 290 g/mol. The number of piperidine rings is 1. The Morgan fingerprint density at radius 1 is 0.857 bits per heavy atom. The van der Waals surface area contributed by atoms with Crippen LogP contribution in [0.1, 0.15) is 25.3 Å². The van der Waals surface area contributed by atoms with E-state index in [0.29, 0.717) is 0 Å². The van der Waals surface area contributed by atoms with Crippen LogP contribution in [0.25, 0.3) is 0 Å². The molecule has 1 aromatic carbocycles. The van der Waals surface area contributed by atoms with Gasteiger partial charge in [0, 0.05) is 18.4 Å². The van der Waals surface area contributed by atoms with Gasteiger partial charge in [-0.3, -0.25) is 0 Å². The Balaban J connectivity index is 1.43. The molecule has 2 saturated heterocycles. The first-order chi connectivity index (χ1) is 10.3. The van der Waals surface area contributed by atoms with Crippen molar-refractivity contribution in [1.29, 1.82) is 0 Å². The predicted octanol–water partition coefficient (Wildman–Crippen LogP) is -1.96. The van der Waals surface area contributed by atoms with Crippen LogP contribution in [0.15, 0.2) is 30.3 Å². The fourth-order valence-corrected chi connectivity index (χ4v) is 4.18. The van der Waals surface area contributed by atoms with Gasteiger partial charge in [0.15, 0.2) is 0 Å². The predicted molar refractivity (Wildman–Crippen MR) is 85.8 cm³/mol. The maximum absolute atomic E-state index is 2.33. The lowest BCUT2D eigenvalue weighted by Gasteiger charge is -2.37. The number of piperazine rings is 1. The number of hydrogen-bond donors (Lipinski definition) is 3. The molecule has 0 unspecified atom stereocenters. The monoisotopic (exact) mass is 290 g/mol. The molecule has 21 heavy (non-hydrogen) atoms. The van der Waals surface area contributed by atoms with Crippen molar-refractivity contribution in [1.82, 2.24) is 0 Å². The van der Waals surface area contributed by atoms with Crippen LogP contribution in [-0.2, 0) is 6.54 Å². The second kappa shape index (κ2) is 7.39. The molecule has 1 aromatic rings. The van der Waals surface area contributed by atoms with Crippen molar-refractivity contribution in [2.75, 3.05) is 45.8 Å². The van der Waals surface area contributed by atoms with Gasteiger partial charge in [-0.25, -0.2) is 0 Å². The van der Waals surface area contributed by atoms with Gasteiger partial charge in [0.05, 0.1) is 25.7 Å². The van der Waals surface area contributed by atoms with E-state index >= 15 is 0 Å². The van der Waals surface area contributed by atoms with Crippen molar-refractivity contribution in [3.05, 3.63) is 35.9 Å². The summed E-state index contributed by atoms with van der Waals surface area (Å²) in [6.07, 6.45) is 2.86. The first-order valence-electron chi connectivity index (χ1n) is 8.90. The highest BCUT2D eigenvalue weighted by molar-refractivity contribution is 5.13. The molecule has 0 radical (unpaired) electrons. The van der Waals surface area contributed by atoms with E-state index in [4.69, 9.17) is 0 Å². The average Bonchev–Trinajstić information content (AvgIpc) is 2.57. The Labute approximate surface area is 129 Å². The minimum atomic E-state index is 0.947. The molecule has 3 N–H and O–H groups in total. The van der Waals surface area contributed by atoms with Gasteiger partial charge in [0.25, 0.3) is 0 Å². The second-order valence-corrected chi connectivity index (χ2v) is 6.95. The van der Waals surface area contributed by atoms with Crippen LogP contribution in [0, 0.1) is 0 Å². The standard InChI is InChI=1S/C18H29N3/c1-2-19-12-14-21(15-13-19)18-8-10-20(11-9-18)16-17-6-4-3-5-7-17/h3-7,18H,2,8-16H2,1H3/p+3. The lowest BCUT2D eigenvalue weighted by atomic mass is 10.0. The molecular formula is C18H32N3+3. The zero-order valence-electron chi connectivity index (χ0n) is 13.5. The number of nitrogens with one attached hydrogen (secondary N) is 3. The summed E-state index contributed by atoms with van der Waals surface area (Å²) in [5, 5.41) is 0. The number of likely N-dealkylation sites (tertiary alicyclic amines) is 1. The summed E-state index contributed by atoms with van der Waals surface area (Å²) in [6, 6.07) is 12.0. The second-order valence-electron chi connectivity index (χ2n) is 6.95. The fourth-order valence-electron chi connectivity index (χ4n) is 4.18. The highest BCUT2D eigenvalue weighted by Crippen LogP contribution is 1.99. The Hall–Kier alpha value is -0.900. The minimum Gasteiger partial charge on any atom is -0.331 e. The molecule has 2 aliphatic rings. The van der Waals surface area contributed by atoms with Crippen molar-refractivity contribution in [2.24, 2.45) is 0 Å². The molecule has 0 saturated carbocycles. The smallest absolute Gasteiger partial charge is 0.127 e. The van der Waals surface area contributed by atoms with Crippen molar-refractivity contribution >= 4 is 0 Å². The van der Waals surface area contributed by atoms with Crippen molar-refractivity contribution in [3.63, 3.8) is 0 Å². The molecule has 2 aliphatic heterocycles. The Kier molecular flexibility index (Phi) is 5.28. The van der Waals surface area contributed by atoms with Crippen LogP contribution in [-0.4, -0.2) is 51.9 Å². The van der Waals surface area contributed by atoms with E-state index in [1.165, 1.54) is 70.8 Å². The van der Waals surface area contributed by atoms with Gasteiger partial charge in [0.2, 0.25) is 0 Å². The number of hydrogen-bond acceptors (Lipinski definition) is 0. The Morgan fingerprint density at radius 3 is 2.14 bits per heavy atom. The van der Waals surface area contributed by atoms with Gasteiger partial charge in [-0.15, -0.1) is 0 Å². The summed E-state index contributed by atoms with van der Waals surface area (Å²) in [6.45, 7) is 13.2. The van der Waals surface area contributed by atoms with Crippen LogP contribution in [0.2, 0.25) is 0 Å². The molecule has 0 bridgehead atoms. The fraction of sp³-hybridized carbons (Fsp3) is 0.667. The van der Waals surface area contributed by atoms with Gasteiger partial charge in [-0.05, 0) is 6.92 Å². The van der Waals surface area contributed by atoms with E-state index < -0.39 is 0 Å². The van der Waals surface area contributed by atoms with Crippen LogP contribution in [0.3, 0.4) is 0 Å². The Bertz CT molecular complexity index is 404. The zero-order chi connectivity index (χ0) is 14.5. The maximum Gasteiger partial charge on any atom is 0.127 e. The van der Waals surface area contributed by atoms with E-state index in [-0.39, 0.29) is 0 Å². The molecule has 116 valence electrons. The number of rotatable bonds is 4. The van der Waals surface area contributed by atoms with Crippen LogP contribution in [0.5, 0.6) is 0 Å². The summed E-state index contributed by atoms with van der Waals surface area (Å²) in [7, 11) is 0. The molecule has 0 atom stereocenters. The van der Waals surface area contributed by atoms with Crippen LogP contribution < -0.4 is 14.7 Å². The van der Waals surface area contributed by atoms with Crippen molar-refractivity contribution in [2.45, 2.75) is 32.4 Å². The van der Waals surface area contributed by atoms with Gasteiger partial charge >= 0.3 is 0 Å². The number of quaternary nitrogens is 3. The quantitative estimate of drug-likeness (QED) is 0.570. The van der Waals surface area contributed by atoms with E-state index in [0.717, 1.165) is 6.04 Å². The lowest BCUT2D eigenvalue weighted by molar-refractivity contribution is -1.03. The highest BCUT2D eigenvalue weighted by atomic mass is 15.3. The van der Waals surface area contributed by atoms with E-state index in [1.54, 1.807) is 4.90 Å². The third-order valence-electron chi connectivity index (χ3n) is 5.67. The van der Waals surface area contributed by atoms with Gasteiger partial charge in [-0.1, -0.05) is 30.3 Å². The van der Waals surface area contributed by atoms with Gasteiger partial charge in [-0.2, -0.15) is 0 Å². The highest BCUT2D eigenvalue weighted by Gasteiger charge is 2.33. The molecule has 3 nitrogen and oxygen atoms in total. The molecule has 2 heterocycles. The summed E-state index contributed by atoms with van der Waals surface area (Å²) < 4.78 is 0. The molecule has 2 fully saturated rings. The summed E-state index contributed by atoms with van der Waals surface area (Å²) in [5.41, 5.74) is 1.50. The molecule has 0 amide bonds. The molecule has 0 aromatic heterocycles. The van der Waals surface area contributed by atoms with Crippen molar-refractivity contribution in [3.8, 4) is 0 Å². The molecule has 0 aliphatic carbocycles. The van der Waals surface area contributed by atoms with E-state index in [1.807, 2.05) is 9.80 Å². The molecule has 3 heteroatoms.